The molecule has 1 amide bonds. The van der Waals surface area contributed by atoms with Crippen LogP contribution >= 0.6 is 0 Å². The summed E-state index contributed by atoms with van der Waals surface area (Å²) in [5, 5.41) is 23.4. The summed E-state index contributed by atoms with van der Waals surface area (Å²) in [7, 11) is 0. The standard InChI is InChI=1S/C67H129NO5/c1-3-5-7-9-11-13-15-17-19-21-22-23-24-25-28-31-35-39-43-47-51-55-59-65(70)64(63-69)68-66(71)60-56-52-48-44-40-36-32-29-26-30-34-38-42-46-50-54-58-62-73-67(72)61-57-53-49-45-41-37-33-27-20-18-16-14-12-10-8-6-4-2/h26,30,38,42,64-65,69-70H,3-25,27-29,31-37,39-41,43-63H2,1-2H3,(H,68,71)/b30-26-,42-38-. The quantitative estimate of drug-likeness (QED) is 0.0320. The number of unbranched alkanes of at least 4 members (excludes halogenated alkanes) is 47. The van der Waals surface area contributed by atoms with Crippen LogP contribution in [0.2, 0.25) is 0 Å². The van der Waals surface area contributed by atoms with E-state index in [2.05, 4.69) is 43.5 Å². The van der Waals surface area contributed by atoms with Gasteiger partial charge in [0.2, 0.25) is 5.91 Å². The van der Waals surface area contributed by atoms with E-state index in [1.54, 1.807) is 0 Å². The molecule has 0 heterocycles. The average Bonchev–Trinajstić information content (AvgIpc) is 3.39. The predicted molar refractivity (Wildman–Crippen MR) is 320 cm³/mol. The van der Waals surface area contributed by atoms with Crippen molar-refractivity contribution in [2.75, 3.05) is 13.2 Å². The lowest BCUT2D eigenvalue weighted by atomic mass is 10.0. The van der Waals surface area contributed by atoms with Gasteiger partial charge in [-0.1, -0.05) is 314 Å². The van der Waals surface area contributed by atoms with Gasteiger partial charge in [0.1, 0.15) is 0 Å². The summed E-state index contributed by atoms with van der Waals surface area (Å²) in [6, 6.07) is -0.555. The Labute approximate surface area is 456 Å². The van der Waals surface area contributed by atoms with Crippen molar-refractivity contribution in [3.8, 4) is 0 Å². The molecular formula is C67H129NO5. The summed E-state index contributed by atoms with van der Waals surface area (Å²) in [6.45, 7) is 4.95. The number of esters is 1. The third-order valence-corrected chi connectivity index (χ3v) is 15.5. The predicted octanol–water partition coefficient (Wildman–Crippen LogP) is 21.0. The second kappa shape index (κ2) is 62.9. The molecule has 73 heavy (non-hydrogen) atoms. The van der Waals surface area contributed by atoms with Crippen LogP contribution in [-0.4, -0.2) is 47.4 Å². The topological polar surface area (TPSA) is 95.9 Å². The minimum atomic E-state index is -0.676. The molecule has 0 spiro atoms. The highest BCUT2D eigenvalue weighted by molar-refractivity contribution is 5.76. The molecule has 0 bridgehead atoms. The van der Waals surface area contributed by atoms with Gasteiger partial charge in [0, 0.05) is 12.8 Å². The number of hydrogen-bond acceptors (Lipinski definition) is 5. The minimum absolute atomic E-state index is 0.0105. The van der Waals surface area contributed by atoms with E-state index in [4.69, 9.17) is 4.74 Å². The van der Waals surface area contributed by atoms with E-state index >= 15 is 0 Å². The lowest BCUT2D eigenvalue weighted by Crippen LogP contribution is -2.45. The first-order chi connectivity index (χ1) is 36.0. The molecule has 0 aromatic carbocycles. The molecule has 6 nitrogen and oxygen atoms in total. The molecule has 0 fully saturated rings. The summed E-state index contributed by atoms with van der Waals surface area (Å²) in [6.07, 6.45) is 77.7. The zero-order valence-electron chi connectivity index (χ0n) is 49.4. The Balaban J connectivity index is 3.47. The molecule has 0 aliphatic heterocycles. The number of carbonyl (C=O) groups is 2. The van der Waals surface area contributed by atoms with Crippen molar-refractivity contribution in [2.45, 2.75) is 379 Å². The van der Waals surface area contributed by atoms with Crippen molar-refractivity contribution in [1.82, 2.24) is 5.32 Å². The van der Waals surface area contributed by atoms with E-state index in [1.165, 1.54) is 250 Å². The van der Waals surface area contributed by atoms with Crippen molar-refractivity contribution >= 4 is 11.9 Å². The molecule has 0 rings (SSSR count). The van der Waals surface area contributed by atoms with Crippen LogP contribution in [-0.2, 0) is 14.3 Å². The second-order valence-electron chi connectivity index (χ2n) is 22.8. The van der Waals surface area contributed by atoms with Crippen LogP contribution in [0.1, 0.15) is 367 Å². The van der Waals surface area contributed by atoms with Crippen LogP contribution in [0.3, 0.4) is 0 Å². The number of ether oxygens (including phenoxy) is 1. The van der Waals surface area contributed by atoms with Crippen LogP contribution in [0, 0.1) is 0 Å². The van der Waals surface area contributed by atoms with E-state index in [0.29, 0.717) is 25.9 Å². The van der Waals surface area contributed by atoms with Crippen LogP contribution in [0.4, 0.5) is 0 Å². The largest absolute Gasteiger partial charge is 0.466 e. The molecule has 432 valence electrons. The van der Waals surface area contributed by atoms with Crippen LogP contribution in [0.15, 0.2) is 24.3 Å². The maximum atomic E-state index is 12.5. The van der Waals surface area contributed by atoms with Gasteiger partial charge in [-0.2, -0.15) is 0 Å². The van der Waals surface area contributed by atoms with Gasteiger partial charge < -0.3 is 20.3 Å². The highest BCUT2D eigenvalue weighted by Crippen LogP contribution is 2.18. The first kappa shape index (κ1) is 71.3. The van der Waals surface area contributed by atoms with Gasteiger partial charge in [-0.3, -0.25) is 9.59 Å². The molecule has 0 aromatic rings. The summed E-state index contributed by atoms with van der Waals surface area (Å²) >= 11 is 0. The van der Waals surface area contributed by atoms with Crippen molar-refractivity contribution in [3.05, 3.63) is 24.3 Å². The SMILES string of the molecule is CCCCCCCCCCCCCCCCCCCCCCCCC(O)C(CO)NC(=O)CCCCCCCCC/C=C\C/C=C\CCCCCOC(=O)CCCCCCCCCCCCCCCCCCC. The van der Waals surface area contributed by atoms with Crippen molar-refractivity contribution in [3.63, 3.8) is 0 Å². The molecule has 2 unspecified atom stereocenters. The average molecular weight is 1030 g/mol. The van der Waals surface area contributed by atoms with Gasteiger partial charge in [0.15, 0.2) is 0 Å². The van der Waals surface area contributed by atoms with E-state index in [9.17, 15) is 19.8 Å². The number of hydrogen-bond donors (Lipinski definition) is 3. The van der Waals surface area contributed by atoms with Gasteiger partial charge in [0.05, 0.1) is 25.4 Å². The highest BCUT2D eigenvalue weighted by Gasteiger charge is 2.20. The molecule has 0 aliphatic rings. The molecule has 0 saturated carbocycles. The number of amides is 1. The Morgan fingerprint density at radius 1 is 0.384 bits per heavy atom. The van der Waals surface area contributed by atoms with Gasteiger partial charge in [-0.05, 0) is 64.2 Å². The highest BCUT2D eigenvalue weighted by atomic mass is 16.5. The van der Waals surface area contributed by atoms with Crippen molar-refractivity contribution in [1.29, 1.82) is 0 Å². The lowest BCUT2D eigenvalue weighted by Gasteiger charge is -2.22. The second-order valence-corrected chi connectivity index (χ2v) is 22.8. The minimum Gasteiger partial charge on any atom is -0.466 e. The number of aliphatic hydroxyl groups excluding tert-OH is 2. The Hall–Kier alpha value is -1.66. The fourth-order valence-corrected chi connectivity index (χ4v) is 10.4. The van der Waals surface area contributed by atoms with Crippen molar-refractivity contribution in [2.24, 2.45) is 0 Å². The van der Waals surface area contributed by atoms with E-state index in [1.807, 2.05) is 0 Å². The fraction of sp³-hybridized carbons (Fsp3) is 0.910. The molecule has 6 heteroatoms. The summed E-state index contributed by atoms with van der Waals surface area (Å²) in [4.78, 5) is 24.6. The van der Waals surface area contributed by atoms with Crippen molar-refractivity contribution < 1.29 is 24.5 Å². The molecule has 3 N–H and O–H groups in total. The number of carbonyl (C=O) groups excluding carboxylic acids is 2. The summed E-state index contributed by atoms with van der Waals surface area (Å²) < 4.78 is 5.47. The first-order valence-corrected chi connectivity index (χ1v) is 33.1. The molecule has 0 aliphatic carbocycles. The monoisotopic (exact) mass is 1030 g/mol. The maximum Gasteiger partial charge on any atom is 0.305 e. The van der Waals surface area contributed by atoms with Crippen LogP contribution in [0.25, 0.3) is 0 Å². The van der Waals surface area contributed by atoms with Crippen LogP contribution in [0.5, 0.6) is 0 Å². The number of rotatable bonds is 62. The summed E-state index contributed by atoms with van der Waals surface area (Å²) in [5.74, 6) is -0.0577. The van der Waals surface area contributed by atoms with Gasteiger partial charge >= 0.3 is 5.97 Å². The molecule has 0 saturated heterocycles. The number of aliphatic hydroxyl groups is 2. The Morgan fingerprint density at radius 2 is 0.685 bits per heavy atom. The summed E-state index contributed by atoms with van der Waals surface area (Å²) in [5.41, 5.74) is 0. The fourth-order valence-electron chi connectivity index (χ4n) is 10.4. The smallest absolute Gasteiger partial charge is 0.305 e. The molecular weight excluding hydrogens is 899 g/mol. The normalized spacial score (nSPS) is 12.7. The van der Waals surface area contributed by atoms with E-state index in [-0.39, 0.29) is 18.5 Å². The van der Waals surface area contributed by atoms with Gasteiger partial charge in [-0.15, -0.1) is 0 Å². The number of nitrogens with one attached hydrogen (secondary N) is 1. The lowest BCUT2D eigenvalue weighted by molar-refractivity contribution is -0.143. The Kier molecular flexibility index (Phi) is 61.4. The first-order valence-electron chi connectivity index (χ1n) is 33.1. The zero-order chi connectivity index (χ0) is 52.9. The van der Waals surface area contributed by atoms with Gasteiger partial charge in [-0.25, -0.2) is 0 Å². The molecule has 2 atom stereocenters. The third kappa shape index (κ3) is 59.4. The van der Waals surface area contributed by atoms with Gasteiger partial charge in [0.25, 0.3) is 0 Å². The molecule has 0 aromatic heterocycles. The number of allylic oxidation sites excluding steroid dienone is 4. The Morgan fingerprint density at radius 3 is 1.04 bits per heavy atom. The van der Waals surface area contributed by atoms with Crippen LogP contribution < -0.4 is 5.32 Å². The van der Waals surface area contributed by atoms with E-state index in [0.717, 1.165) is 83.5 Å². The maximum absolute atomic E-state index is 12.5. The molecule has 0 radical (unpaired) electrons. The zero-order valence-corrected chi connectivity index (χ0v) is 49.4. The Bertz CT molecular complexity index is 1140. The van der Waals surface area contributed by atoms with E-state index < -0.39 is 12.1 Å². The third-order valence-electron chi connectivity index (χ3n) is 15.5.